The average Bonchev–Trinajstić information content (AvgIpc) is 3.07. The van der Waals surface area contributed by atoms with Crippen LogP contribution in [-0.4, -0.2) is 42.8 Å². The fraction of sp³-hybridized carbons (Fsp3) is 0.250. The van der Waals surface area contributed by atoms with Crippen molar-refractivity contribution in [3.05, 3.63) is 59.9 Å². The van der Waals surface area contributed by atoms with E-state index < -0.39 is 11.7 Å². The number of rotatable bonds is 5. The third-order valence-electron chi connectivity index (χ3n) is 4.31. The van der Waals surface area contributed by atoms with Crippen molar-refractivity contribution in [1.82, 2.24) is 4.90 Å². The van der Waals surface area contributed by atoms with E-state index in [4.69, 9.17) is 0 Å². The molecule has 1 N–H and O–H groups in total. The van der Waals surface area contributed by atoms with E-state index in [1.165, 1.54) is 30.1 Å². The van der Waals surface area contributed by atoms with Crippen LogP contribution in [0.15, 0.2) is 48.5 Å². The first kappa shape index (κ1) is 18.6. The quantitative estimate of drug-likeness (QED) is 0.881. The number of amides is 3. The van der Waals surface area contributed by atoms with Crippen molar-refractivity contribution in [1.29, 1.82) is 0 Å². The molecule has 0 unspecified atom stereocenters. The second-order valence-electron chi connectivity index (χ2n) is 6.42. The summed E-state index contributed by atoms with van der Waals surface area (Å²) in [6.45, 7) is 0.463. The number of nitrogens with one attached hydrogen (secondary N) is 1. The van der Waals surface area contributed by atoms with Crippen LogP contribution in [0.5, 0.6) is 0 Å². The molecule has 0 bridgehead atoms. The molecule has 27 heavy (non-hydrogen) atoms. The zero-order valence-electron chi connectivity index (χ0n) is 14.9. The number of carbonyl (C=O) groups is 3. The van der Waals surface area contributed by atoms with E-state index in [9.17, 15) is 18.8 Å². The Labute approximate surface area is 156 Å². The molecule has 1 aliphatic heterocycles. The molecule has 6 nitrogen and oxygen atoms in total. The van der Waals surface area contributed by atoms with Gasteiger partial charge in [0, 0.05) is 37.0 Å². The zero-order chi connectivity index (χ0) is 19.4. The van der Waals surface area contributed by atoms with Crippen molar-refractivity contribution >= 4 is 29.1 Å². The summed E-state index contributed by atoms with van der Waals surface area (Å²) >= 11 is 0. The smallest absolute Gasteiger partial charge is 0.254 e. The molecular formula is C20H20FN3O3. The number of nitrogens with zero attached hydrogens (tertiary/aromatic N) is 2. The van der Waals surface area contributed by atoms with Crippen LogP contribution in [0, 0.1) is 5.82 Å². The van der Waals surface area contributed by atoms with Crippen LogP contribution in [0.3, 0.4) is 0 Å². The van der Waals surface area contributed by atoms with Crippen molar-refractivity contribution in [2.45, 2.75) is 12.8 Å². The molecule has 1 saturated heterocycles. The van der Waals surface area contributed by atoms with E-state index in [-0.39, 0.29) is 18.4 Å². The van der Waals surface area contributed by atoms with Crippen LogP contribution in [-0.2, 0) is 9.59 Å². The molecule has 3 rings (SSSR count). The van der Waals surface area contributed by atoms with Crippen LogP contribution in [0.25, 0.3) is 0 Å². The maximum absolute atomic E-state index is 13.2. The molecule has 0 aliphatic carbocycles. The maximum Gasteiger partial charge on any atom is 0.254 e. The summed E-state index contributed by atoms with van der Waals surface area (Å²) in [5.74, 6) is -1.17. The lowest BCUT2D eigenvalue weighted by molar-refractivity contribution is -0.117. The minimum atomic E-state index is -0.453. The number of anilines is 2. The van der Waals surface area contributed by atoms with Gasteiger partial charge in [-0.2, -0.15) is 0 Å². The van der Waals surface area contributed by atoms with Crippen LogP contribution in [0.4, 0.5) is 15.8 Å². The number of carbonyl (C=O) groups excluding carboxylic acids is 3. The summed E-state index contributed by atoms with van der Waals surface area (Å²) in [5.41, 5.74) is 1.41. The van der Waals surface area contributed by atoms with Gasteiger partial charge >= 0.3 is 0 Å². The summed E-state index contributed by atoms with van der Waals surface area (Å²) in [5, 5.41) is 2.56. The molecule has 2 aromatic carbocycles. The minimum absolute atomic E-state index is 0.0439. The van der Waals surface area contributed by atoms with Crippen LogP contribution < -0.4 is 10.2 Å². The lowest BCUT2D eigenvalue weighted by atomic mass is 10.1. The summed E-state index contributed by atoms with van der Waals surface area (Å²) < 4.78 is 13.2. The Kier molecular flexibility index (Phi) is 5.49. The predicted molar refractivity (Wildman–Crippen MR) is 100 cm³/mol. The standard InChI is InChI=1S/C20H20FN3O3/c1-23(13-18(25)22-16-7-3-6-15(21)12-16)20(27)14-5-2-8-17(11-14)24-10-4-9-19(24)26/h2-3,5-8,11-12H,4,9-10,13H2,1H3,(H,22,25). The first-order valence-electron chi connectivity index (χ1n) is 8.65. The molecule has 0 radical (unpaired) electrons. The van der Waals surface area contributed by atoms with Crippen molar-refractivity contribution < 1.29 is 18.8 Å². The van der Waals surface area contributed by atoms with Gasteiger partial charge in [-0.15, -0.1) is 0 Å². The molecule has 2 aromatic rings. The fourth-order valence-corrected chi connectivity index (χ4v) is 3.00. The highest BCUT2D eigenvalue weighted by atomic mass is 19.1. The molecule has 0 saturated carbocycles. The van der Waals surface area contributed by atoms with Crippen molar-refractivity contribution in [2.75, 3.05) is 30.4 Å². The first-order valence-corrected chi connectivity index (χ1v) is 8.65. The van der Waals surface area contributed by atoms with Gasteiger partial charge in [-0.25, -0.2) is 4.39 Å². The van der Waals surface area contributed by atoms with E-state index >= 15 is 0 Å². The third-order valence-corrected chi connectivity index (χ3v) is 4.31. The first-order chi connectivity index (χ1) is 12.9. The Morgan fingerprint density at radius 1 is 1.19 bits per heavy atom. The molecule has 1 fully saturated rings. The molecule has 7 heteroatoms. The third kappa shape index (κ3) is 4.49. The summed E-state index contributed by atoms with van der Waals surface area (Å²) in [7, 11) is 1.52. The van der Waals surface area contributed by atoms with Gasteiger partial charge in [0.25, 0.3) is 5.91 Å². The summed E-state index contributed by atoms with van der Waals surface area (Å²) in [6.07, 6.45) is 1.31. The molecule has 140 valence electrons. The number of hydrogen-bond donors (Lipinski definition) is 1. The fourth-order valence-electron chi connectivity index (χ4n) is 3.00. The van der Waals surface area contributed by atoms with Crippen LogP contribution >= 0.6 is 0 Å². The normalized spacial score (nSPS) is 13.6. The van der Waals surface area contributed by atoms with Gasteiger partial charge in [0.2, 0.25) is 11.8 Å². The predicted octanol–water partition coefficient (Wildman–Crippen LogP) is 2.66. The van der Waals surface area contributed by atoms with Crippen molar-refractivity contribution in [3.63, 3.8) is 0 Å². The van der Waals surface area contributed by atoms with Gasteiger partial charge in [0.1, 0.15) is 5.82 Å². The second kappa shape index (κ2) is 7.99. The van der Waals surface area contributed by atoms with E-state index in [2.05, 4.69) is 5.32 Å². The molecule has 3 amide bonds. The Bertz CT molecular complexity index is 884. The van der Waals surface area contributed by atoms with E-state index in [1.54, 1.807) is 35.2 Å². The van der Waals surface area contributed by atoms with Gasteiger partial charge in [-0.3, -0.25) is 14.4 Å². The topological polar surface area (TPSA) is 69.7 Å². The lowest BCUT2D eigenvalue weighted by Gasteiger charge is -2.19. The highest BCUT2D eigenvalue weighted by molar-refractivity contribution is 6.01. The average molecular weight is 369 g/mol. The highest BCUT2D eigenvalue weighted by Gasteiger charge is 2.23. The van der Waals surface area contributed by atoms with Gasteiger partial charge in [-0.1, -0.05) is 12.1 Å². The van der Waals surface area contributed by atoms with Crippen LogP contribution in [0.2, 0.25) is 0 Å². The molecule has 1 aliphatic rings. The zero-order valence-corrected chi connectivity index (χ0v) is 14.9. The van der Waals surface area contributed by atoms with Gasteiger partial charge in [-0.05, 0) is 42.8 Å². The largest absolute Gasteiger partial charge is 0.332 e. The Balaban J connectivity index is 1.64. The number of hydrogen-bond acceptors (Lipinski definition) is 3. The van der Waals surface area contributed by atoms with Crippen LogP contribution in [0.1, 0.15) is 23.2 Å². The lowest BCUT2D eigenvalue weighted by Crippen LogP contribution is -2.35. The molecule has 0 atom stereocenters. The second-order valence-corrected chi connectivity index (χ2v) is 6.42. The molecular weight excluding hydrogens is 349 g/mol. The Hall–Kier alpha value is -3.22. The van der Waals surface area contributed by atoms with Crippen molar-refractivity contribution in [2.24, 2.45) is 0 Å². The monoisotopic (exact) mass is 369 g/mol. The highest BCUT2D eigenvalue weighted by Crippen LogP contribution is 2.22. The molecule has 0 spiro atoms. The van der Waals surface area contributed by atoms with Crippen molar-refractivity contribution in [3.8, 4) is 0 Å². The van der Waals surface area contributed by atoms with E-state index in [1.807, 2.05) is 0 Å². The minimum Gasteiger partial charge on any atom is -0.332 e. The number of benzene rings is 2. The van der Waals surface area contributed by atoms with Gasteiger partial charge in [0.05, 0.1) is 6.54 Å². The van der Waals surface area contributed by atoms with Gasteiger partial charge in [0.15, 0.2) is 0 Å². The SMILES string of the molecule is CN(CC(=O)Nc1cccc(F)c1)C(=O)c1cccc(N2CCCC2=O)c1. The van der Waals surface area contributed by atoms with E-state index in [0.717, 1.165) is 6.42 Å². The molecule has 1 heterocycles. The number of likely N-dealkylation sites (N-methyl/N-ethyl adjacent to an activating group) is 1. The summed E-state index contributed by atoms with van der Waals surface area (Å²) in [4.78, 5) is 39.5. The molecule has 0 aromatic heterocycles. The maximum atomic E-state index is 13.2. The Morgan fingerprint density at radius 3 is 2.67 bits per heavy atom. The Morgan fingerprint density at radius 2 is 1.96 bits per heavy atom. The van der Waals surface area contributed by atoms with E-state index in [0.29, 0.717) is 29.9 Å². The van der Waals surface area contributed by atoms with Gasteiger partial charge < -0.3 is 15.1 Å². The number of halogens is 1. The summed E-state index contributed by atoms with van der Waals surface area (Å²) in [6, 6.07) is 12.4.